The molecule has 0 aliphatic rings. The summed E-state index contributed by atoms with van der Waals surface area (Å²) < 4.78 is 26.9. The van der Waals surface area contributed by atoms with Gasteiger partial charge in [-0.15, -0.1) is 0 Å². The Kier molecular flexibility index (Phi) is 15.8. The zero-order valence-electron chi connectivity index (χ0n) is 29.0. The zero-order valence-corrected chi connectivity index (χ0v) is 29.0. The molecule has 0 radical (unpaired) electrons. The van der Waals surface area contributed by atoms with Crippen LogP contribution in [0.1, 0.15) is 74.9 Å². The molecule has 46 heavy (non-hydrogen) atoms. The second-order valence-corrected chi connectivity index (χ2v) is 13.5. The number of pyridine rings is 1. The number of hydrogen-bond donors (Lipinski definition) is 2. The first-order chi connectivity index (χ1) is 21.2. The van der Waals surface area contributed by atoms with Crippen LogP contribution in [-0.4, -0.2) is 96.3 Å². The number of amides is 3. The Morgan fingerprint density at radius 3 is 1.61 bits per heavy atom. The highest BCUT2D eigenvalue weighted by molar-refractivity contribution is 5.82. The monoisotopic (exact) mass is 652 g/mol. The van der Waals surface area contributed by atoms with Crippen molar-refractivity contribution in [2.24, 2.45) is 11.8 Å². The molecule has 0 saturated heterocycles. The van der Waals surface area contributed by atoms with Crippen LogP contribution in [0.25, 0.3) is 0 Å². The van der Waals surface area contributed by atoms with E-state index in [0.717, 1.165) is 5.69 Å². The molecule has 1 aromatic heterocycles. The summed E-state index contributed by atoms with van der Waals surface area (Å²) in [4.78, 5) is 69.2. The third-order valence-corrected chi connectivity index (χ3v) is 6.02. The summed E-state index contributed by atoms with van der Waals surface area (Å²) in [7, 11) is 1.53. The highest BCUT2D eigenvalue weighted by Crippen LogP contribution is 2.13. The Labute approximate surface area is 272 Å². The third kappa shape index (κ3) is 16.3. The summed E-state index contributed by atoms with van der Waals surface area (Å²) in [5.41, 5.74) is -0.794. The number of likely N-dealkylation sites (N-methyl/N-ethyl adjacent to an activating group) is 1. The van der Waals surface area contributed by atoms with Crippen LogP contribution in [0, 0.1) is 11.8 Å². The number of alkyl carbamates (subject to hydrolysis) is 2. The maximum atomic E-state index is 13.0. The Hall–Kier alpha value is -4.10. The van der Waals surface area contributed by atoms with Crippen molar-refractivity contribution < 1.29 is 47.7 Å². The number of aromatic nitrogens is 1. The molecular formula is C32H52N4O10. The van der Waals surface area contributed by atoms with Gasteiger partial charge in [-0.3, -0.25) is 4.98 Å². The first-order valence-corrected chi connectivity index (χ1v) is 15.3. The highest BCUT2D eigenvalue weighted by Gasteiger charge is 2.32. The predicted molar refractivity (Wildman–Crippen MR) is 169 cm³/mol. The number of rotatable bonds is 14. The molecule has 0 saturated carbocycles. The fourth-order valence-electron chi connectivity index (χ4n) is 3.66. The van der Waals surface area contributed by atoms with E-state index in [1.54, 1.807) is 81.5 Å². The second kappa shape index (κ2) is 18.1. The van der Waals surface area contributed by atoms with Crippen molar-refractivity contribution in [2.75, 3.05) is 26.8 Å². The summed E-state index contributed by atoms with van der Waals surface area (Å²) in [6.07, 6.45) is -1.47. The highest BCUT2D eigenvalue weighted by atomic mass is 16.6. The summed E-state index contributed by atoms with van der Waals surface area (Å²) >= 11 is 0. The van der Waals surface area contributed by atoms with Gasteiger partial charge >= 0.3 is 30.2 Å². The summed E-state index contributed by atoms with van der Waals surface area (Å²) in [5.74, 6) is -2.35. The van der Waals surface area contributed by atoms with Gasteiger partial charge in [-0.25, -0.2) is 24.0 Å². The van der Waals surface area contributed by atoms with Gasteiger partial charge in [0.2, 0.25) is 0 Å². The van der Waals surface area contributed by atoms with Gasteiger partial charge < -0.3 is 39.2 Å². The van der Waals surface area contributed by atoms with Crippen LogP contribution in [0.5, 0.6) is 0 Å². The van der Waals surface area contributed by atoms with Crippen molar-refractivity contribution in [3.05, 3.63) is 30.1 Å². The van der Waals surface area contributed by atoms with Crippen LogP contribution in [0.3, 0.4) is 0 Å². The maximum Gasteiger partial charge on any atom is 0.410 e. The number of ether oxygens (including phenoxy) is 5. The van der Waals surface area contributed by atoms with Gasteiger partial charge in [0.1, 0.15) is 36.5 Å². The van der Waals surface area contributed by atoms with E-state index in [9.17, 15) is 24.0 Å². The number of nitrogens with one attached hydrogen (secondary N) is 2. The van der Waals surface area contributed by atoms with E-state index in [2.05, 4.69) is 15.6 Å². The topological polar surface area (TPSA) is 172 Å². The minimum absolute atomic E-state index is 0.270. The molecule has 1 aromatic rings. The van der Waals surface area contributed by atoms with E-state index in [4.69, 9.17) is 23.7 Å². The lowest BCUT2D eigenvalue weighted by molar-refractivity contribution is -0.156. The Bertz CT molecular complexity index is 1090. The molecule has 2 atom stereocenters. The fourth-order valence-corrected chi connectivity index (χ4v) is 3.66. The van der Waals surface area contributed by atoms with Crippen LogP contribution in [0.2, 0.25) is 0 Å². The van der Waals surface area contributed by atoms with E-state index >= 15 is 0 Å². The largest absolute Gasteiger partial charge is 0.460 e. The molecule has 0 aliphatic heterocycles. The third-order valence-electron chi connectivity index (χ3n) is 6.02. The molecule has 14 nitrogen and oxygen atoms in total. The molecule has 0 aliphatic carbocycles. The summed E-state index contributed by atoms with van der Waals surface area (Å²) in [6, 6.07) is 3.31. The van der Waals surface area contributed by atoms with Gasteiger partial charge in [0.05, 0.1) is 0 Å². The van der Waals surface area contributed by atoms with Gasteiger partial charge in [-0.2, -0.15) is 0 Å². The molecule has 0 fully saturated rings. The smallest absolute Gasteiger partial charge is 0.410 e. The van der Waals surface area contributed by atoms with Crippen LogP contribution in [0.4, 0.5) is 14.4 Å². The predicted octanol–water partition coefficient (Wildman–Crippen LogP) is 4.25. The van der Waals surface area contributed by atoms with Crippen molar-refractivity contribution in [2.45, 2.75) is 105 Å². The summed E-state index contributed by atoms with van der Waals surface area (Å²) in [6.45, 7) is 16.3. The first kappa shape index (κ1) is 39.9. The van der Waals surface area contributed by atoms with E-state index in [-0.39, 0.29) is 18.4 Å². The molecule has 2 N–H and O–H groups in total. The minimum Gasteiger partial charge on any atom is -0.460 e. The Morgan fingerprint density at radius 1 is 0.783 bits per heavy atom. The van der Waals surface area contributed by atoms with Crippen molar-refractivity contribution in [1.29, 1.82) is 0 Å². The fraction of sp³-hybridized carbons (Fsp3) is 0.688. The molecule has 1 heterocycles. The van der Waals surface area contributed by atoms with Crippen molar-refractivity contribution in [3.8, 4) is 0 Å². The molecule has 3 amide bonds. The molecular weight excluding hydrogens is 600 g/mol. The standard InChI is InChI=1S/C32H52N4O10/c1-20(2)24(34-28(39)45-31(5,6)7)26(37)42-18-23(44-30(41)36(11)17-15-22-14-12-13-16-33-22)19-43-27(38)25(21(3)4)35-29(40)46-32(8,9)10/h12-14,16,20-21,23-25H,15,17-19H2,1-11H3,(H,34,39)(H,35,40)/t24-,25-/m0/s1. The molecule has 0 spiro atoms. The van der Waals surface area contributed by atoms with Crippen LogP contribution < -0.4 is 10.6 Å². The number of carbonyl (C=O) groups excluding carboxylic acids is 5. The average Bonchev–Trinajstić information content (AvgIpc) is 2.92. The van der Waals surface area contributed by atoms with E-state index < -0.39 is 72.8 Å². The molecule has 0 aromatic carbocycles. The van der Waals surface area contributed by atoms with Crippen molar-refractivity contribution in [3.63, 3.8) is 0 Å². The normalized spacial score (nSPS) is 13.0. The lowest BCUT2D eigenvalue weighted by atomic mass is 10.1. The van der Waals surface area contributed by atoms with Gasteiger partial charge in [0.15, 0.2) is 6.10 Å². The van der Waals surface area contributed by atoms with E-state index in [0.29, 0.717) is 6.42 Å². The van der Waals surface area contributed by atoms with Crippen LogP contribution >= 0.6 is 0 Å². The average molecular weight is 653 g/mol. The molecule has 0 bridgehead atoms. The number of nitrogens with zero attached hydrogens (tertiary/aromatic N) is 2. The molecule has 14 heteroatoms. The lowest BCUT2D eigenvalue weighted by Gasteiger charge is -2.27. The van der Waals surface area contributed by atoms with Crippen molar-refractivity contribution >= 4 is 30.2 Å². The van der Waals surface area contributed by atoms with E-state index in [1.807, 2.05) is 12.1 Å². The second-order valence-electron chi connectivity index (χ2n) is 13.5. The van der Waals surface area contributed by atoms with Gasteiger partial charge in [0.25, 0.3) is 0 Å². The van der Waals surface area contributed by atoms with E-state index in [1.165, 1.54) is 11.9 Å². The number of esters is 2. The number of hydrogen-bond acceptors (Lipinski definition) is 11. The van der Waals surface area contributed by atoms with Gasteiger partial charge in [-0.1, -0.05) is 33.8 Å². The SMILES string of the molecule is CC(C)[C@H](NC(=O)OC(C)(C)C)C(=O)OCC(COC(=O)[C@@H](NC(=O)OC(C)(C)C)C(C)C)OC(=O)N(C)CCc1ccccn1. The van der Waals surface area contributed by atoms with Crippen LogP contribution in [0.15, 0.2) is 24.4 Å². The Balaban J connectivity index is 3.01. The maximum absolute atomic E-state index is 13.0. The van der Waals surface area contributed by atoms with Gasteiger partial charge in [0, 0.05) is 31.9 Å². The molecule has 260 valence electrons. The van der Waals surface area contributed by atoms with Crippen molar-refractivity contribution in [1.82, 2.24) is 20.5 Å². The van der Waals surface area contributed by atoms with Gasteiger partial charge in [-0.05, 0) is 65.5 Å². The Morgan fingerprint density at radius 2 is 1.24 bits per heavy atom. The lowest BCUT2D eigenvalue weighted by Crippen LogP contribution is -2.49. The minimum atomic E-state index is -1.22. The van der Waals surface area contributed by atoms with Crippen LogP contribution in [-0.2, 0) is 39.7 Å². The summed E-state index contributed by atoms with van der Waals surface area (Å²) in [5, 5.41) is 5.01. The zero-order chi connectivity index (χ0) is 35.2. The molecule has 1 rings (SSSR count). The number of carbonyl (C=O) groups is 5. The quantitative estimate of drug-likeness (QED) is 0.217. The first-order valence-electron chi connectivity index (χ1n) is 15.3. The molecule has 0 unspecified atom stereocenters.